The number of carbonyl (C=O) groups excluding carboxylic acids is 6. The van der Waals surface area contributed by atoms with E-state index in [-0.39, 0.29) is 84.4 Å². The van der Waals surface area contributed by atoms with Crippen LogP contribution in [0.3, 0.4) is 0 Å². The van der Waals surface area contributed by atoms with Gasteiger partial charge in [-0.05, 0) is 177 Å². The number of carboxylic acids is 4. The number of alkyl halides is 3. The first kappa shape index (κ1) is 87.0. The molecule has 5 aliphatic carbocycles. The summed E-state index contributed by atoms with van der Waals surface area (Å²) in [5, 5.41) is 74.6. The third-order valence-electron chi connectivity index (χ3n) is 18.2. The number of aliphatic carboxylic acids is 1. The molecule has 0 radical (unpaired) electrons. The number of carboxylic acid groups (broad SMARTS) is 4. The second-order valence-corrected chi connectivity index (χ2v) is 29.9. The van der Waals surface area contributed by atoms with Gasteiger partial charge in [0.05, 0.1) is 46.2 Å². The van der Waals surface area contributed by atoms with Crippen molar-refractivity contribution in [2.24, 2.45) is 11.5 Å². The van der Waals surface area contributed by atoms with Gasteiger partial charge in [0.2, 0.25) is 0 Å². The molecule has 3 aliphatic heterocycles. The predicted octanol–water partition coefficient (Wildman–Crippen LogP) is 10.3. The quantitative estimate of drug-likeness (QED) is 0.0248. The zero-order valence-corrected chi connectivity index (χ0v) is 66.8. The number of benzene rings is 9. The highest BCUT2D eigenvalue weighted by atomic mass is 32.4. The van der Waals surface area contributed by atoms with E-state index in [2.05, 4.69) is 46.3 Å². The molecule has 0 spiro atoms. The van der Waals surface area contributed by atoms with Crippen LogP contribution in [0, 0.1) is 16.2 Å². The largest absolute Gasteiger partial charge is 0.545 e. The molecule has 112 heavy (non-hydrogen) atoms. The molecule has 584 valence electrons. The predicted molar refractivity (Wildman–Crippen MR) is 437 cm³/mol. The Bertz CT molecular complexity index is 5640. The van der Waals surface area contributed by atoms with E-state index in [1.54, 1.807) is 127 Å². The zero-order chi connectivity index (χ0) is 80.9. The highest BCUT2D eigenvalue weighted by Crippen LogP contribution is 2.46. The average molecular weight is 1640 g/mol. The maximum atomic E-state index is 13.1. The van der Waals surface area contributed by atoms with E-state index in [4.69, 9.17) is 72.8 Å². The molecule has 25 nitrogen and oxygen atoms in total. The van der Waals surface area contributed by atoms with Gasteiger partial charge in [-0.15, -0.1) is 35.7 Å². The number of halogens is 3. The summed E-state index contributed by atoms with van der Waals surface area (Å²) in [5.41, 5.74) is 38.2. The third-order valence-corrected chi connectivity index (χ3v) is 18.2. The number of ether oxygens (including phenoxy) is 1. The maximum absolute atomic E-state index is 13.1. The van der Waals surface area contributed by atoms with Crippen LogP contribution >= 0.6 is 53.6 Å². The molecule has 8 aliphatic rings. The topological polar surface area (TPSA) is 483 Å². The normalized spacial score (nSPS) is 15.0. The summed E-state index contributed by atoms with van der Waals surface area (Å²) in [5.74, 6) is -6.96. The SMILES string of the molecule is COC(=O)c1cc(C(=O)NC2CCC(N)CC2)ccc1-c1c2ccc(=N)cc-2oc2cc(N)ccc12.N=c1ccc2c(-c3ccc(C(=O)NC4CCC(N)CC4)cc3C(=O)[O-])c3ccc(N)cc3oc-2c1.N=c1ccc2c(-c3ccc(C(=O)[O-])cc3C(=O)O)c3ccc(N)cc3oc-2c1.O=C([O-])C(F)(F)F.P.PP.PPP. The third kappa shape index (κ3) is 20.9. The van der Waals surface area contributed by atoms with Gasteiger partial charge in [-0.25, -0.2) is 9.59 Å². The molecule has 16 N–H and O–H groups in total. The summed E-state index contributed by atoms with van der Waals surface area (Å²) < 4.78 is 54.6. The van der Waals surface area contributed by atoms with Crippen LogP contribution in [0.15, 0.2) is 177 Å². The lowest BCUT2D eigenvalue weighted by atomic mass is 9.89. The molecule has 2 saturated carbocycles. The number of methoxy groups -OCH3 is 1. The monoisotopic (exact) mass is 1640 g/mol. The molecular formula is C78H78F3N10O15P6-3. The Kier molecular flexibility index (Phi) is 29.9. The number of nitrogens with one attached hydrogen (secondary N) is 5. The van der Waals surface area contributed by atoms with Crippen molar-refractivity contribution in [2.45, 2.75) is 81.7 Å². The molecular weight excluding hydrogens is 1560 g/mol. The Hall–Kier alpha value is -10.6. The molecule has 2 amide bonds. The van der Waals surface area contributed by atoms with Crippen molar-refractivity contribution in [2.75, 3.05) is 24.3 Å². The van der Waals surface area contributed by atoms with E-state index < -0.39 is 36.0 Å². The van der Waals surface area contributed by atoms with Gasteiger partial charge in [0, 0.05) is 144 Å². The minimum atomic E-state index is -5.19. The fourth-order valence-corrected chi connectivity index (χ4v) is 13.0. The lowest BCUT2D eigenvalue weighted by Gasteiger charge is -2.27. The van der Waals surface area contributed by atoms with Gasteiger partial charge in [-0.1, -0.05) is 32.2 Å². The number of amides is 2. The lowest BCUT2D eigenvalue weighted by Crippen LogP contribution is -2.40. The number of fused-ring (bicyclic) bond motifs is 6. The van der Waals surface area contributed by atoms with Crippen molar-refractivity contribution in [3.8, 4) is 67.4 Å². The fourth-order valence-electron chi connectivity index (χ4n) is 13.0. The van der Waals surface area contributed by atoms with Gasteiger partial charge in [0.1, 0.15) is 40.0 Å². The van der Waals surface area contributed by atoms with E-state index in [0.29, 0.717) is 112 Å². The lowest BCUT2D eigenvalue weighted by molar-refractivity contribution is -0.344. The highest BCUT2D eigenvalue weighted by molar-refractivity contribution is 8.33. The van der Waals surface area contributed by atoms with Gasteiger partial charge in [-0.2, -0.15) is 23.1 Å². The smallest absolute Gasteiger partial charge is 0.430 e. The van der Waals surface area contributed by atoms with Crippen LogP contribution in [0.2, 0.25) is 0 Å². The first-order valence-corrected chi connectivity index (χ1v) is 41.1. The van der Waals surface area contributed by atoms with Crippen LogP contribution < -0.4 is 70.7 Å². The average Bonchev–Trinajstić information content (AvgIpc) is 0.754. The van der Waals surface area contributed by atoms with Crippen LogP contribution in [0.1, 0.15) is 114 Å². The van der Waals surface area contributed by atoms with Crippen molar-refractivity contribution in [3.05, 3.63) is 213 Å². The number of carbonyl (C=O) groups is 7. The molecule has 6 aromatic carbocycles. The van der Waals surface area contributed by atoms with Crippen molar-refractivity contribution in [1.29, 1.82) is 16.2 Å². The first-order chi connectivity index (χ1) is 52.8. The van der Waals surface area contributed by atoms with Gasteiger partial charge < -0.3 is 108 Å². The molecule has 34 heteroatoms. The van der Waals surface area contributed by atoms with E-state index >= 15 is 0 Å². The summed E-state index contributed by atoms with van der Waals surface area (Å²) in [6.07, 6.45) is 1.51. The summed E-state index contributed by atoms with van der Waals surface area (Å²) in [6, 6.07) is 44.1. The number of rotatable bonds is 11. The molecule has 5 unspecified atom stereocenters. The number of hydrogen-bond donors (Lipinski definition) is 11. The summed E-state index contributed by atoms with van der Waals surface area (Å²) in [7, 11) is 12.0. The molecule has 2 fully saturated rings. The Balaban J connectivity index is 0.000000197. The molecule has 0 saturated heterocycles. The number of esters is 1. The van der Waals surface area contributed by atoms with Gasteiger partial charge in [-0.3, -0.25) is 9.59 Å². The molecule has 3 heterocycles. The zero-order valence-electron chi connectivity index (χ0n) is 59.8. The van der Waals surface area contributed by atoms with Crippen LogP contribution in [0.5, 0.6) is 0 Å². The molecule has 0 aromatic heterocycles. The molecule has 14 rings (SSSR count). The minimum absolute atomic E-state index is 0. The first-order valence-electron chi connectivity index (χ1n) is 33.8. The fraction of sp³-hybridized carbons (Fsp3) is 0.179. The van der Waals surface area contributed by atoms with Gasteiger partial charge >= 0.3 is 18.1 Å². The van der Waals surface area contributed by atoms with Crippen LogP contribution in [0.4, 0.5) is 30.2 Å². The Morgan fingerprint density at radius 1 is 0.473 bits per heavy atom. The Morgan fingerprint density at radius 3 is 1.09 bits per heavy atom. The second-order valence-electron chi connectivity index (χ2n) is 25.6. The summed E-state index contributed by atoms with van der Waals surface area (Å²) >= 11 is 0. The van der Waals surface area contributed by atoms with Crippen molar-refractivity contribution < 1.29 is 85.1 Å². The molecule has 0 bridgehead atoms. The van der Waals surface area contributed by atoms with E-state index in [9.17, 15) is 57.3 Å². The number of nitrogens with two attached hydrogens (primary N) is 5. The minimum Gasteiger partial charge on any atom is -0.545 e. The standard InChI is InChI=1S/C28H28N4O4.C27H26N4O4.C21H14N2O5.C2HF3O2.H5P3.H4P2.H3P/c1-35-28(34)23-12-15(27(33)32-19-7-3-16(29)4-8-19)2-9-20(23)26-21-10-5-17(30)13-24(21)36-25-14-18(31)6-11-22(25)26;28-15-2-6-18(7-3-15)31-26(32)14-1-8-19(22(11-14)27(33)34)25-20-9-4-16(29)12-23(20)35-24-13-17(30)5-10-21(24)25;22-11-2-5-14-17(8-11)28-18-9-12(23)3-6-15(18)19(14)13-4-1-10(20(24)25)7-16(13)21(26)27;3-2(4,5)1(6)7;1-3-2;1-2;/h2,5-6,9-14,16,19,30H,3-4,7-8,29,31H2,1H3,(H,32,33);1,4-5,8-13,15,18,29H,2-3,6-7,28,30H2,(H,31,32)(H,33,34);1-9,22H,23H2,(H,24,25)(H,26,27);(H,6,7);3H,1-2H2;1-2H2;1H3/p-3. The van der Waals surface area contributed by atoms with Gasteiger partial charge in [0.15, 0.2) is 0 Å². The van der Waals surface area contributed by atoms with Crippen molar-refractivity contribution >= 4 is 145 Å². The van der Waals surface area contributed by atoms with Crippen LogP contribution in [-0.4, -0.2) is 84.2 Å². The van der Waals surface area contributed by atoms with E-state index in [0.717, 1.165) is 81.9 Å². The summed E-state index contributed by atoms with van der Waals surface area (Å²) in [4.78, 5) is 83.0. The number of anilines is 3. The van der Waals surface area contributed by atoms with Crippen LogP contribution in [0.25, 0.3) is 100 Å². The van der Waals surface area contributed by atoms with Crippen molar-refractivity contribution in [1.82, 2.24) is 10.6 Å². The Labute approximate surface area is 651 Å². The highest BCUT2D eigenvalue weighted by Gasteiger charge is 2.30. The van der Waals surface area contributed by atoms with Crippen LogP contribution in [-0.2, 0) is 9.53 Å². The second kappa shape index (κ2) is 38.5. The summed E-state index contributed by atoms with van der Waals surface area (Å²) in [6.45, 7) is 0. The molecule has 5 atom stereocenters. The maximum Gasteiger partial charge on any atom is 0.430 e. The number of aromatic carboxylic acids is 3. The number of hydrogen-bond acceptors (Lipinski definition) is 22. The Morgan fingerprint density at radius 2 is 0.777 bits per heavy atom. The number of nitrogen functional groups attached to an aromatic ring is 3. The van der Waals surface area contributed by atoms with Gasteiger partial charge in [0.25, 0.3) is 11.8 Å². The van der Waals surface area contributed by atoms with E-state index in [1.807, 2.05) is 6.07 Å². The molecule has 6 aromatic rings. The van der Waals surface area contributed by atoms with Crippen molar-refractivity contribution in [3.63, 3.8) is 0 Å². The van der Waals surface area contributed by atoms with E-state index in [1.165, 1.54) is 31.4 Å².